The minimum Gasteiger partial charge on any atom is -0.492 e. The quantitative estimate of drug-likeness (QED) is 0.256. The van der Waals surface area contributed by atoms with E-state index in [1.165, 1.54) is 27.7 Å². The van der Waals surface area contributed by atoms with Crippen LogP contribution in [0.3, 0.4) is 0 Å². The number of aromatic nitrogens is 3. The fourth-order valence-electron chi connectivity index (χ4n) is 3.07. The zero-order valence-corrected chi connectivity index (χ0v) is 20.1. The van der Waals surface area contributed by atoms with Crippen molar-refractivity contribution in [3.05, 3.63) is 47.3 Å². The second-order valence-electron chi connectivity index (χ2n) is 6.69. The molecular weight excluding hydrogens is 446 g/mol. The average molecular weight is 474 g/mol. The normalized spacial score (nSPS) is 10.8. The maximum absolute atomic E-state index is 13.1. The molecule has 0 aliphatic carbocycles. The highest BCUT2D eigenvalue weighted by Crippen LogP contribution is 2.28. The fourth-order valence-corrected chi connectivity index (χ4v) is 4.95. The Hall–Kier alpha value is -2.85. The molecule has 0 bridgehead atoms. The Labute approximate surface area is 195 Å². The summed E-state index contributed by atoms with van der Waals surface area (Å²) in [6.07, 6.45) is 1.64. The molecule has 0 aliphatic heterocycles. The minimum absolute atomic E-state index is 0.0859. The maximum Gasteiger partial charge on any atom is 0.274 e. The molecule has 170 valence electrons. The molecule has 1 aromatic carbocycles. The Bertz CT molecular complexity index is 1150. The van der Waals surface area contributed by atoms with E-state index in [1.807, 2.05) is 32.9 Å². The van der Waals surface area contributed by atoms with Crippen molar-refractivity contribution in [3.63, 3.8) is 0 Å². The number of hydrogen-bond donors (Lipinski definition) is 1. The molecule has 8 nitrogen and oxygen atoms in total. The van der Waals surface area contributed by atoms with Crippen LogP contribution in [0.5, 0.6) is 5.75 Å². The number of allylic oxidation sites excluding steroid dienone is 1. The van der Waals surface area contributed by atoms with E-state index in [0.717, 1.165) is 18.2 Å². The molecule has 0 spiro atoms. The van der Waals surface area contributed by atoms with Crippen LogP contribution in [0.15, 0.2) is 46.9 Å². The van der Waals surface area contributed by atoms with Gasteiger partial charge in [-0.2, -0.15) is 4.98 Å². The molecule has 0 saturated heterocycles. The van der Waals surface area contributed by atoms with E-state index < -0.39 is 0 Å². The second kappa shape index (κ2) is 11.1. The van der Waals surface area contributed by atoms with Gasteiger partial charge in [-0.05, 0) is 32.9 Å². The number of para-hydroxylation sites is 2. The van der Waals surface area contributed by atoms with E-state index in [2.05, 4.69) is 26.8 Å². The monoisotopic (exact) mass is 473 g/mol. The number of nitrogens with zero attached hydrogens (tertiary/aromatic N) is 4. The van der Waals surface area contributed by atoms with Gasteiger partial charge in [-0.15, -0.1) is 6.58 Å². The van der Waals surface area contributed by atoms with Gasteiger partial charge in [-0.25, -0.2) is 4.98 Å². The number of thiazole rings is 1. The first-order valence-electron chi connectivity index (χ1n) is 10.4. The minimum atomic E-state index is -0.219. The molecule has 1 N–H and O–H groups in total. The lowest BCUT2D eigenvalue weighted by Crippen LogP contribution is -2.23. The molecule has 2 heterocycles. The van der Waals surface area contributed by atoms with Gasteiger partial charge in [0.05, 0.1) is 18.0 Å². The molecule has 3 rings (SSSR count). The highest BCUT2D eigenvalue weighted by molar-refractivity contribution is 7.99. The van der Waals surface area contributed by atoms with Crippen molar-refractivity contribution in [2.24, 2.45) is 0 Å². The lowest BCUT2D eigenvalue weighted by Gasteiger charge is -2.15. The van der Waals surface area contributed by atoms with E-state index in [4.69, 9.17) is 4.74 Å². The van der Waals surface area contributed by atoms with Crippen molar-refractivity contribution in [2.45, 2.75) is 32.5 Å². The predicted octanol–water partition coefficient (Wildman–Crippen LogP) is 4.01. The van der Waals surface area contributed by atoms with Crippen LogP contribution in [0.25, 0.3) is 10.3 Å². The molecule has 1 amide bonds. The number of amides is 1. The maximum atomic E-state index is 13.1. The van der Waals surface area contributed by atoms with E-state index in [-0.39, 0.29) is 17.2 Å². The average Bonchev–Trinajstić information content (AvgIpc) is 3.21. The highest BCUT2D eigenvalue weighted by Gasteiger charge is 2.18. The Kier molecular flexibility index (Phi) is 8.29. The van der Waals surface area contributed by atoms with Gasteiger partial charge < -0.3 is 15.0 Å². The van der Waals surface area contributed by atoms with E-state index >= 15 is 0 Å². The van der Waals surface area contributed by atoms with Gasteiger partial charge >= 0.3 is 0 Å². The van der Waals surface area contributed by atoms with Crippen LogP contribution in [0.1, 0.15) is 20.8 Å². The molecule has 0 radical (unpaired) electrons. The SMILES string of the molecule is C=CCn1c(SCC(=O)Nc2ccccc2OCC)nc2nc(N(CC)CC)sc2c1=O. The van der Waals surface area contributed by atoms with Crippen molar-refractivity contribution in [1.29, 1.82) is 0 Å². The van der Waals surface area contributed by atoms with Crippen molar-refractivity contribution in [3.8, 4) is 5.75 Å². The van der Waals surface area contributed by atoms with Crippen molar-refractivity contribution in [1.82, 2.24) is 14.5 Å². The summed E-state index contributed by atoms with van der Waals surface area (Å²) in [6, 6.07) is 7.27. The molecule has 0 atom stereocenters. The molecular formula is C22H27N5O3S2. The fraction of sp³-hybridized carbons (Fsp3) is 0.364. The van der Waals surface area contributed by atoms with E-state index in [9.17, 15) is 9.59 Å². The molecule has 0 aliphatic rings. The zero-order chi connectivity index (χ0) is 23.1. The van der Waals surface area contributed by atoms with Crippen LogP contribution in [0, 0.1) is 0 Å². The first-order chi connectivity index (χ1) is 15.5. The third-order valence-electron chi connectivity index (χ3n) is 4.61. The number of thioether (sulfide) groups is 1. The predicted molar refractivity (Wildman–Crippen MR) is 132 cm³/mol. The Morgan fingerprint density at radius 1 is 1.28 bits per heavy atom. The number of anilines is 2. The molecule has 10 heteroatoms. The van der Waals surface area contributed by atoms with Gasteiger partial charge in [-0.1, -0.05) is 41.3 Å². The van der Waals surface area contributed by atoms with Crippen LogP contribution >= 0.6 is 23.1 Å². The lowest BCUT2D eigenvalue weighted by molar-refractivity contribution is -0.113. The van der Waals surface area contributed by atoms with Crippen LogP contribution < -0.4 is 20.5 Å². The Morgan fingerprint density at radius 3 is 2.72 bits per heavy atom. The van der Waals surface area contributed by atoms with Gasteiger partial charge in [-0.3, -0.25) is 14.2 Å². The molecule has 32 heavy (non-hydrogen) atoms. The summed E-state index contributed by atoms with van der Waals surface area (Å²) in [5.41, 5.74) is 0.845. The summed E-state index contributed by atoms with van der Waals surface area (Å²) in [4.78, 5) is 36.9. The summed E-state index contributed by atoms with van der Waals surface area (Å²) in [5, 5.41) is 4.07. The molecule has 0 fully saturated rings. The van der Waals surface area contributed by atoms with Crippen molar-refractivity contribution >= 4 is 50.2 Å². The zero-order valence-electron chi connectivity index (χ0n) is 18.5. The molecule has 0 unspecified atom stereocenters. The lowest BCUT2D eigenvalue weighted by atomic mass is 10.3. The first kappa shape index (κ1) is 23.8. The van der Waals surface area contributed by atoms with Gasteiger partial charge in [0.1, 0.15) is 10.4 Å². The van der Waals surface area contributed by atoms with Gasteiger partial charge in [0, 0.05) is 19.6 Å². The number of carbonyl (C=O) groups is 1. The van der Waals surface area contributed by atoms with Crippen molar-refractivity contribution in [2.75, 3.05) is 35.7 Å². The Balaban J connectivity index is 1.84. The second-order valence-corrected chi connectivity index (χ2v) is 8.61. The van der Waals surface area contributed by atoms with Gasteiger partial charge in [0.2, 0.25) is 5.91 Å². The number of carbonyl (C=O) groups excluding carboxylic acids is 1. The molecule has 2 aromatic heterocycles. The van der Waals surface area contributed by atoms with Gasteiger partial charge in [0.25, 0.3) is 5.56 Å². The third-order valence-corrected chi connectivity index (χ3v) is 6.68. The van der Waals surface area contributed by atoms with Crippen LogP contribution in [0.2, 0.25) is 0 Å². The smallest absolute Gasteiger partial charge is 0.274 e. The third kappa shape index (κ3) is 5.31. The largest absolute Gasteiger partial charge is 0.492 e. The molecule has 3 aromatic rings. The van der Waals surface area contributed by atoms with Gasteiger partial charge in [0.15, 0.2) is 15.9 Å². The van der Waals surface area contributed by atoms with Crippen LogP contribution in [-0.2, 0) is 11.3 Å². The van der Waals surface area contributed by atoms with Crippen LogP contribution in [-0.4, -0.2) is 45.9 Å². The summed E-state index contributed by atoms with van der Waals surface area (Å²) in [5.74, 6) is 0.481. The summed E-state index contributed by atoms with van der Waals surface area (Å²) in [7, 11) is 0. The van der Waals surface area contributed by atoms with E-state index in [1.54, 1.807) is 18.2 Å². The highest BCUT2D eigenvalue weighted by atomic mass is 32.2. The first-order valence-corrected chi connectivity index (χ1v) is 12.2. The Morgan fingerprint density at radius 2 is 2.03 bits per heavy atom. The molecule has 0 saturated carbocycles. The summed E-state index contributed by atoms with van der Waals surface area (Å²) < 4.78 is 7.60. The number of rotatable bonds is 11. The summed E-state index contributed by atoms with van der Waals surface area (Å²) in [6.45, 7) is 12.1. The van der Waals surface area contributed by atoms with E-state index in [0.29, 0.717) is 40.1 Å². The number of fused-ring (bicyclic) bond motifs is 1. The number of ether oxygens (including phenoxy) is 1. The topological polar surface area (TPSA) is 89.3 Å². The van der Waals surface area contributed by atoms with Crippen molar-refractivity contribution < 1.29 is 9.53 Å². The number of hydrogen-bond acceptors (Lipinski definition) is 8. The summed E-state index contributed by atoms with van der Waals surface area (Å²) >= 11 is 2.54. The van der Waals surface area contributed by atoms with Crippen LogP contribution in [0.4, 0.5) is 10.8 Å². The number of benzene rings is 1. The standard InChI is InChI=1S/C22H27N5O3S2/c1-5-13-27-20(29)18-19(24-21(32-18)26(6-2)7-3)25-22(27)31-14-17(28)23-15-11-9-10-12-16(15)30-8-4/h5,9-12H,1,6-8,13-14H2,2-4H3,(H,23,28). The number of nitrogens with one attached hydrogen (secondary N) is 1.